The number of nitrogens with zero attached hydrogens (tertiary/aromatic N) is 1. The Kier molecular flexibility index (Phi) is 6.36. The Hall–Kier alpha value is -0.870. The van der Waals surface area contributed by atoms with Gasteiger partial charge in [0.2, 0.25) is 5.91 Å². The summed E-state index contributed by atoms with van der Waals surface area (Å²) in [6, 6.07) is 5.44. The number of hydrogen-bond donors (Lipinski definition) is 1. The predicted octanol–water partition coefficient (Wildman–Crippen LogP) is 3.27. The molecule has 0 spiro atoms. The number of nitrogens with two attached hydrogens (primary N) is 1. The summed E-state index contributed by atoms with van der Waals surface area (Å²) in [5, 5.41) is 0.635. The van der Waals surface area contributed by atoms with E-state index in [1.807, 2.05) is 30.9 Å². The number of hydrogen-bond acceptors (Lipinski definition) is 3. The van der Waals surface area contributed by atoms with Gasteiger partial charge in [0.15, 0.2) is 0 Å². The lowest BCUT2D eigenvalue weighted by Gasteiger charge is -2.18. The molecule has 0 atom stereocenters. The average molecular weight is 287 g/mol. The molecule has 0 aliphatic heterocycles. The van der Waals surface area contributed by atoms with Crippen molar-refractivity contribution in [3.8, 4) is 0 Å². The molecule has 0 fully saturated rings. The molecule has 5 heteroatoms. The summed E-state index contributed by atoms with van der Waals surface area (Å²) >= 11 is 7.42. The van der Waals surface area contributed by atoms with E-state index < -0.39 is 0 Å². The van der Waals surface area contributed by atoms with Crippen molar-refractivity contribution in [2.45, 2.75) is 25.2 Å². The Balaban J connectivity index is 2.44. The van der Waals surface area contributed by atoms with Gasteiger partial charge in [-0.3, -0.25) is 4.79 Å². The van der Waals surface area contributed by atoms with Crippen molar-refractivity contribution in [1.29, 1.82) is 0 Å². The van der Waals surface area contributed by atoms with E-state index in [0.29, 0.717) is 17.1 Å². The maximum absolute atomic E-state index is 11.8. The van der Waals surface area contributed by atoms with Gasteiger partial charge in [-0.1, -0.05) is 11.6 Å². The van der Waals surface area contributed by atoms with Gasteiger partial charge in [-0.05, 0) is 32.0 Å². The van der Waals surface area contributed by atoms with Crippen molar-refractivity contribution in [1.82, 2.24) is 4.90 Å². The second-order valence-corrected chi connectivity index (χ2v) is 5.42. The van der Waals surface area contributed by atoms with Crippen molar-refractivity contribution in [2.24, 2.45) is 0 Å². The van der Waals surface area contributed by atoms with Gasteiger partial charge in [0.05, 0.1) is 0 Å². The van der Waals surface area contributed by atoms with E-state index in [-0.39, 0.29) is 5.91 Å². The van der Waals surface area contributed by atoms with Crippen molar-refractivity contribution in [3.05, 3.63) is 23.2 Å². The number of anilines is 1. The summed E-state index contributed by atoms with van der Waals surface area (Å²) < 4.78 is 0. The number of nitrogen functional groups attached to an aromatic ring is 1. The molecule has 0 bridgehead atoms. The number of rotatable bonds is 6. The quantitative estimate of drug-likeness (QED) is 0.645. The molecule has 0 unspecified atom stereocenters. The van der Waals surface area contributed by atoms with Crippen LogP contribution in [0.2, 0.25) is 5.02 Å². The van der Waals surface area contributed by atoms with Gasteiger partial charge in [0, 0.05) is 40.9 Å². The highest BCUT2D eigenvalue weighted by molar-refractivity contribution is 7.99. The lowest BCUT2D eigenvalue weighted by molar-refractivity contribution is -0.130. The minimum Gasteiger partial charge on any atom is -0.398 e. The van der Waals surface area contributed by atoms with Crippen LogP contribution in [-0.4, -0.2) is 29.6 Å². The third-order valence-electron chi connectivity index (χ3n) is 2.66. The number of thioether (sulfide) groups is 1. The molecule has 1 amide bonds. The maximum Gasteiger partial charge on any atom is 0.223 e. The lowest BCUT2D eigenvalue weighted by atomic mass is 10.3. The fraction of sp³-hybridized carbons (Fsp3) is 0.462. The first-order valence-corrected chi connectivity index (χ1v) is 7.40. The minimum absolute atomic E-state index is 0.194. The first-order valence-electron chi connectivity index (χ1n) is 6.04. The Morgan fingerprint density at radius 1 is 1.39 bits per heavy atom. The Morgan fingerprint density at radius 2 is 2.06 bits per heavy atom. The first kappa shape index (κ1) is 15.2. The van der Waals surface area contributed by atoms with Gasteiger partial charge in [-0.15, -0.1) is 11.8 Å². The number of amides is 1. The summed E-state index contributed by atoms with van der Waals surface area (Å²) in [4.78, 5) is 14.6. The molecule has 18 heavy (non-hydrogen) atoms. The first-order chi connectivity index (χ1) is 8.58. The molecule has 0 heterocycles. The fourth-order valence-electron chi connectivity index (χ4n) is 1.63. The van der Waals surface area contributed by atoms with Crippen LogP contribution in [0.3, 0.4) is 0 Å². The van der Waals surface area contributed by atoms with Crippen molar-refractivity contribution >= 4 is 35.0 Å². The van der Waals surface area contributed by atoms with Gasteiger partial charge >= 0.3 is 0 Å². The van der Waals surface area contributed by atoms with Crippen LogP contribution in [0.25, 0.3) is 0 Å². The number of benzene rings is 1. The molecule has 1 rings (SSSR count). The molecular formula is C13H19ClN2OS. The average Bonchev–Trinajstić information content (AvgIpc) is 2.33. The normalized spacial score (nSPS) is 10.4. The highest BCUT2D eigenvalue weighted by Crippen LogP contribution is 2.28. The molecule has 1 aromatic rings. The molecule has 0 saturated heterocycles. The number of carbonyl (C=O) groups excluding carboxylic acids is 1. The summed E-state index contributed by atoms with van der Waals surface area (Å²) in [6.45, 7) is 5.52. The lowest BCUT2D eigenvalue weighted by Crippen LogP contribution is -2.30. The van der Waals surface area contributed by atoms with Crippen molar-refractivity contribution in [3.63, 3.8) is 0 Å². The predicted molar refractivity (Wildman–Crippen MR) is 79.1 cm³/mol. The van der Waals surface area contributed by atoms with E-state index in [0.717, 1.165) is 23.7 Å². The van der Waals surface area contributed by atoms with Gasteiger partial charge in [0.25, 0.3) is 0 Å². The second kappa shape index (κ2) is 7.54. The summed E-state index contributed by atoms with van der Waals surface area (Å²) in [7, 11) is 0. The molecule has 0 saturated carbocycles. The van der Waals surface area contributed by atoms with E-state index >= 15 is 0 Å². The molecule has 0 aliphatic rings. The van der Waals surface area contributed by atoms with Crippen LogP contribution < -0.4 is 5.73 Å². The van der Waals surface area contributed by atoms with Crippen LogP contribution in [-0.2, 0) is 4.79 Å². The monoisotopic (exact) mass is 286 g/mol. The molecule has 0 radical (unpaired) electrons. The zero-order valence-corrected chi connectivity index (χ0v) is 12.4. The van der Waals surface area contributed by atoms with Crippen LogP contribution in [0.5, 0.6) is 0 Å². The molecule has 1 aromatic carbocycles. The van der Waals surface area contributed by atoms with E-state index in [4.69, 9.17) is 17.3 Å². The molecule has 3 nitrogen and oxygen atoms in total. The van der Waals surface area contributed by atoms with Gasteiger partial charge in [0.1, 0.15) is 0 Å². The maximum atomic E-state index is 11.8. The van der Waals surface area contributed by atoms with Crippen LogP contribution in [0.1, 0.15) is 20.3 Å². The van der Waals surface area contributed by atoms with Crippen LogP contribution in [0.15, 0.2) is 23.1 Å². The van der Waals surface area contributed by atoms with E-state index in [2.05, 4.69) is 0 Å². The van der Waals surface area contributed by atoms with Crippen LogP contribution in [0.4, 0.5) is 5.69 Å². The summed E-state index contributed by atoms with van der Waals surface area (Å²) in [5.74, 6) is 0.932. The van der Waals surface area contributed by atoms with Crippen LogP contribution in [0, 0.1) is 0 Å². The smallest absolute Gasteiger partial charge is 0.223 e. The highest BCUT2D eigenvalue weighted by atomic mass is 35.5. The minimum atomic E-state index is 0.194. The molecular weight excluding hydrogens is 268 g/mol. The Bertz CT molecular complexity index is 408. The standard InChI is InChI=1S/C13H19ClN2OS/c1-3-16(4-2)13(17)7-8-18-12-6-5-10(14)9-11(12)15/h5-6,9H,3-4,7-8,15H2,1-2H3. The Morgan fingerprint density at radius 3 is 2.61 bits per heavy atom. The van der Waals surface area contributed by atoms with E-state index in [9.17, 15) is 4.79 Å². The highest BCUT2D eigenvalue weighted by Gasteiger charge is 2.09. The second-order valence-electron chi connectivity index (χ2n) is 3.85. The topological polar surface area (TPSA) is 46.3 Å². The molecule has 0 aromatic heterocycles. The van der Waals surface area contributed by atoms with Gasteiger partial charge in [-0.25, -0.2) is 0 Å². The number of carbonyl (C=O) groups is 1. The van der Waals surface area contributed by atoms with Crippen molar-refractivity contribution in [2.75, 3.05) is 24.6 Å². The largest absolute Gasteiger partial charge is 0.398 e. The van der Waals surface area contributed by atoms with E-state index in [1.165, 1.54) is 0 Å². The zero-order valence-electron chi connectivity index (χ0n) is 10.8. The number of halogens is 1. The van der Waals surface area contributed by atoms with Gasteiger partial charge in [-0.2, -0.15) is 0 Å². The van der Waals surface area contributed by atoms with Crippen molar-refractivity contribution < 1.29 is 4.79 Å². The van der Waals surface area contributed by atoms with E-state index in [1.54, 1.807) is 17.8 Å². The molecule has 2 N–H and O–H groups in total. The molecule has 100 valence electrons. The third-order valence-corrected chi connectivity index (χ3v) is 3.99. The fourth-order valence-corrected chi connectivity index (χ4v) is 2.70. The summed E-state index contributed by atoms with van der Waals surface area (Å²) in [5.41, 5.74) is 6.52. The van der Waals surface area contributed by atoms with Crippen LogP contribution >= 0.6 is 23.4 Å². The zero-order chi connectivity index (χ0) is 13.5. The van der Waals surface area contributed by atoms with Gasteiger partial charge < -0.3 is 10.6 Å². The Labute approximate surface area is 118 Å². The molecule has 0 aliphatic carbocycles. The SMILES string of the molecule is CCN(CC)C(=O)CCSc1ccc(Cl)cc1N. The third kappa shape index (κ3) is 4.42. The summed E-state index contributed by atoms with van der Waals surface area (Å²) in [6.07, 6.45) is 0.536.